The van der Waals surface area contributed by atoms with Gasteiger partial charge in [0.15, 0.2) is 12.6 Å². The highest BCUT2D eigenvalue weighted by molar-refractivity contribution is 5.22. The Hall–Kier alpha value is -0.900. The van der Waals surface area contributed by atoms with Crippen molar-refractivity contribution < 1.29 is 74.7 Å². The highest BCUT2D eigenvalue weighted by Crippen LogP contribution is 2.38. The lowest BCUT2D eigenvalue weighted by Gasteiger charge is -2.47. The molecule has 0 bridgehead atoms. The van der Waals surface area contributed by atoms with Crippen molar-refractivity contribution in [2.75, 3.05) is 26.9 Å². The van der Waals surface area contributed by atoms with E-state index < -0.39 is 110 Å². The lowest BCUT2D eigenvalue weighted by Crippen LogP contribution is -2.68. The molecular formula is C24H41NO15. The third-order valence-corrected chi connectivity index (χ3v) is 8.03. The third-order valence-electron chi connectivity index (χ3n) is 8.03. The molecular weight excluding hydrogens is 542 g/mol. The van der Waals surface area contributed by atoms with Gasteiger partial charge in [-0.25, -0.2) is 0 Å². The van der Waals surface area contributed by atoms with Crippen molar-refractivity contribution in [3.05, 3.63) is 11.6 Å². The van der Waals surface area contributed by atoms with Crippen molar-refractivity contribution in [1.29, 1.82) is 0 Å². The van der Waals surface area contributed by atoms with E-state index in [2.05, 4.69) is 5.32 Å². The Labute approximate surface area is 229 Å². The maximum absolute atomic E-state index is 10.9. The Morgan fingerprint density at radius 3 is 1.98 bits per heavy atom. The number of hydrogen-bond donors (Lipinski definition) is 11. The number of ether oxygens (including phenoxy) is 5. The maximum atomic E-state index is 10.9. The van der Waals surface area contributed by atoms with E-state index >= 15 is 0 Å². The minimum Gasteiger partial charge on any atom is -0.396 e. The van der Waals surface area contributed by atoms with Gasteiger partial charge in [-0.05, 0) is 12.5 Å². The largest absolute Gasteiger partial charge is 0.396 e. The number of methoxy groups -OCH3 is 1. The van der Waals surface area contributed by atoms with Gasteiger partial charge in [-0.1, -0.05) is 6.08 Å². The predicted octanol–water partition coefficient (Wildman–Crippen LogP) is -6.36. The minimum atomic E-state index is -1.71. The summed E-state index contributed by atoms with van der Waals surface area (Å²) in [7, 11) is 1.40. The van der Waals surface area contributed by atoms with Gasteiger partial charge in [0.2, 0.25) is 0 Å². The van der Waals surface area contributed by atoms with Crippen molar-refractivity contribution in [3.8, 4) is 0 Å². The summed E-state index contributed by atoms with van der Waals surface area (Å²) < 4.78 is 27.5. The molecule has 13 unspecified atom stereocenters. The molecule has 0 radical (unpaired) electrons. The molecule has 2 aliphatic carbocycles. The van der Waals surface area contributed by atoms with Crippen LogP contribution in [0.2, 0.25) is 0 Å². The molecule has 3 fully saturated rings. The highest BCUT2D eigenvalue weighted by atomic mass is 16.7. The summed E-state index contributed by atoms with van der Waals surface area (Å²) in [6.45, 7) is 0.476. The number of nitrogens with one attached hydrogen (secondary N) is 1. The van der Waals surface area contributed by atoms with E-state index in [4.69, 9.17) is 23.7 Å². The fourth-order valence-electron chi connectivity index (χ4n) is 5.45. The van der Waals surface area contributed by atoms with E-state index in [1.807, 2.05) is 0 Å². The third kappa shape index (κ3) is 6.23. The molecule has 16 heteroatoms. The SMILES string of the molecule is COCC1=C[C@H](NC2C(C)OC(OC3C(CO)OC(OC4C(O)C4CO)C(O)C3O)C(O)C2O)[C@H](O)[C@@H](O)[C@@H]1O. The fraction of sp³-hybridized carbons (Fsp3) is 0.917. The van der Waals surface area contributed by atoms with Crippen molar-refractivity contribution >= 4 is 0 Å². The fourth-order valence-corrected chi connectivity index (χ4v) is 5.45. The van der Waals surface area contributed by atoms with Crippen LogP contribution >= 0.6 is 0 Å². The van der Waals surface area contributed by atoms with Crippen LogP contribution in [0, 0.1) is 5.92 Å². The summed E-state index contributed by atoms with van der Waals surface area (Å²) in [6.07, 6.45) is -17.9. The monoisotopic (exact) mass is 583 g/mol. The van der Waals surface area contributed by atoms with Crippen LogP contribution in [0.1, 0.15) is 6.92 Å². The molecule has 4 rings (SSSR count). The summed E-state index contributed by atoms with van der Waals surface area (Å²) in [6, 6.07) is -1.94. The quantitative estimate of drug-likeness (QED) is 0.107. The molecule has 2 aliphatic heterocycles. The topological polar surface area (TPSA) is 260 Å². The van der Waals surface area contributed by atoms with E-state index in [-0.39, 0.29) is 13.2 Å². The number of hydrogen-bond acceptors (Lipinski definition) is 16. The van der Waals surface area contributed by atoms with Gasteiger partial charge in [-0.3, -0.25) is 0 Å². The summed E-state index contributed by atoms with van der Waals surface area (Å²) in [5.74, 6) is -0.574. The normalized spacial score (nSPS) is 51.4. The average Bonchev–Trinajstić information content (AvgIpc) is 3.56. The van der Waals surface area contributed by atoms with E-state index in [9.17, 15) is 51.1 Å². The van der Waals surface area contributed by atoms with E-state index in [0.717, 1.165) is 0 Å². The molecule has 2 saturated heterocycles. The van der Waals surface area contributed by atoms with Gasteiger partial charge in [-0.2, -0.15) is 0 Å². The summed E-state index contributed by atoms with van der Waals surface area (Å²) in [4.78, 5) is 0. The van der Waals surface area contributed by atoms with Gasteiger partial charge < -0.3 is 80.1 Å². The van der Waals surface area contributed by atoms with Crippen LogP contribution in [0.3, 0.4) is 0 Å². The zero-order valence-corrected chi connectivity index (χ0v) is 22.0. The zero-order chi connectivity index (χ0) is 29.5. The molecule has 11 N–H and O–H groups in total. The first-order chi connectivity index (χ1) is 18.9. The first-order valence-corrected chi connectivity index (χ1v) is 13.2. The Morgan fingerprint density at radius 1 is 0.750 bits per heavy atom. The standard InChI is InChI=1S/C24H41NO15/c1-7-12(25-10-3-8(6-36-2)13(28)17(32)15(10)30)16(31)19(34)23(37-7)40-22-11(5-27)38-24(20(35)18(22)33)39-21-9(4-26)14(21)29/h3,7,9-35H,4-6H2,1-2H3/t7?,9?,10-,11?,12?,13+,14?,15-,16?,17-,18?,19?,20?,21?,22?,23?,24?/m0/s1. The second-order valence-electron chi connectivity index (χ2n) is 10.8. The minimum absolute atomic E-state index is 0.0141. The van der Waals surface area contributed by atoms with Crippen LogP contribution in [-0.2, 0) is 23.7 Å². The maximum Gasteiger partial charge on any atom is 0.187 e. The lowest BCUT2D eigenvalue weighted by molar-refractivity contribution is -0.352. The van der Waals surface area contributed by atoms with E-state index in [0.29, 0.717) is 5.57 Å². The van der Waals surface area contributed by atoms with Crippen LogP contribution in [0.5, 0.6) is 0 Å². The number of aliphatic hydroxyl groups is 10. The van der Waals surface area contributed by atoms with Gasteiger partial charge >= 0.3 is 0 Å². The molecule has 0 amide bonds. The van der Waals surface area contributed by atoms with Crippen LogP contribution in [-0.4, -0.2) is 176 Å². The van der Waals surface area contributed by atoms with Crippen LogP contribution in [0.15, 0.2) is 11.6 Å². The molecule has 17 atom stereocenters. The van der Waals surface area contributed by atoms with Crippen molar-refractivity contribution in [2.24, 2.45) is 5.92 Å². The van der Waals surface area contributed by atoms with Gasteiger partial charge in [-0.15, -0.1) is 0 Å². The number of rotatable bonds is 10. The molecule has 2 heterocycles. The van der Waals surface area contributed by atoms with Gasteiger partial charge in [0.05, 0.1) is 50.2 Å². The van der Waals surface area contributed by atoms with Crippen molar-refractivity contribution in [3.63, 3.8) is 0 Å². The second-order valence-corrected chi connectivity index (χ2v) is 10.8. The molecule has 232 valence electrons. The Balaban J connectivity index is 1.40. The second kappa shape index (κ2) is 13.2. The molecule has 40 heavy (non-hydrogen) atoms. The molecule has 4 aliphatic rings. The Kier molecular flexibility index (Phi) is 10.5. The summed E-state index contributed by atoms with van der Waals surface area (Å²) >= 11 is 0. The first-order valence-electron chi connectivity index (χ1n) is 13.2. The van der Waals surface area contributed by atoms with Crippen LogP contribution in [0.25, 0.3) is 0 Å². The van der Waals surface area contributed by atoms with Crippen LogP contribution in [0.4, 0.5) is 0 Å². The van der Waals surface area contributed by atoms with E-state index in [1.54, 1.807) is 0 Å². The predicted molar refractivity (Wildman–Crippen MR) is 129 cm³/mol. The van der Waals surface area contributed by atoms with Gasteiger partial charge in [0, 0.05) is 13.0 Å². The first kappa shape index (κ1) is 32.0. The van der Waals surface area contributed by atoms with E-state index in [1.165, 1.54) is 20.1 Å². The molecule has 0 aromatic carbocycles. The van der Waals surface area contributed by atoms with Crippen LogP contribution < -0.4 is 5.32 Å². The Bertz CT molecular complexity index is 864. The molecule has 0 aromatic rings. The highest BCUT2D eigenvalue weighted by Gasteiger charge is 2.56. The molecule has 16 nitrogen and oxygen atoms in total. The molecule has 0 aromatic heterocycles. The lowest BCUT2D eigenvalue weighted by atomic mass is 9.86. The smallest absolute Gasteiger partial charge is 0.187 e. The average molecular weight is 584 g/mol. The molecule has 1 saturated carbocycles. The molecule has 0 spiro atoms. The van der Waals surface area contributed by atoms with Gasteiger partial charge in [0.1, 0.15) is 54.9 Å². The van der Waals surface area contributed by atoms with Crippen molar-refractivity contribution in [1.82, 2.24) is 5.32 Å². The summed E-state index contributed by atoms with van der Waals surface area (Å²) in [5.41, 5.74) is 0.309. The Morgan fingerprint density at radius 2 is 1.38 bits per heavy atom. The van der Waals surface area contributed by atoms with Crippen molar-refractivity contribution in [2.45, 2.75) is 105 Å². The number of aliphatic hydroxyl groups excluding tert-OH is 10. The van der Waals surface area contributed by atoms with Gasteiger partial charge in [0.25, 0.3) is 0 Å². The summed E-state index contributed by atoms with van der Waals surface area (Å²) in [5, 5.41) is 106. The zero-order valence-electron chi connectivity index (χ0n) is 22.0.